The van der Waals surface area contributed by atoms with E-state index in [1.807, 2.05) is 36.7 Å². The Bertz CT molecular complexity index is 2470. The minimum absolute atomic E-state index is 0. The Kier molecular flexibility index (Phi) is 7.15. The van der Waals surface area contributed by atoms with Crippen molar-refractivity contribution in [2.75, 3.05) is 0 Å². The molecule has 0 saturated heterocycles. The van der Waals surface area contributed by atoms with Gasteiger partial charge in [0, 0.05) is 34.0 Å². The molecule has 0 radical (unpaired) electrons. The zero-order chi connectivity index (χ0) is 33.8. The zero-order valence-corrected chi connectivity index (χ0v) is 31.2. The summed E-state index contributed by atoms with van der Waals surface area (Å²) in [6.45, 7) is 9.62. The van der Waals surface area contributed by atoms with Crippen molar-refractivity contribution in [2.24, 2.45) is 0 Å². The van der Waals surface area contributed by atoms with E-state index in [1.54, 1.807) is 0 Å². The SMILES string of the molecule is CC1(C)c2cc(C(c3[c-]c(-c4ccccn4)ccc3)c3[c-]c(-c4ccccn4)ccc3)cc3c2-n2c4c1cccc4c1cccc(c12)C3(C)C.[Pt+2]. The van der Waals surface area contributed by atoms with Crippen LogP contribution in [0.5, 0.6) is 0 Å². The number of fused-ring (bicyclic) bond motifs is 1. The molecule has 0 N–H and O–H groups in total. The van der Waals surface area contributed by atoms with Crippen molar-refractivity contribution in [2.45, 2.75) is 44.4 Å². The summed E-state index contributed by atoms with van der Waals surface area (Å²) in [7, 11) is 0. The second kappa shape index (κ2) is 11.5. The summed E-state index contributed by atoms with van der Waals surface area (Å²) in [5, 5.41) is 2.68. The van der Waals surface area contributed by atoms with Crippen molar-refractivity contribution < 1.29 is 21.1 Å². The third-order valence-corrected chi connectivity index (χ3v) is 11.3. The van der Waals surface area contributed by atoms with Crippen LogP contribution in [0.4, 0.5) is 0 Å². The Hall–Kier alpha value is -5.11. The van der Waals surface area contributed by atoms with Crippen LogP contribution in [0.25, 0.3) is 50.0 Å². The van der Waals surface area contributed by atoms with Gasteiger partial charge in [-0.15, -0.1) is 70.8 Å². The van der Waals surface area contributed by atoms with E-state index < -0.39 is 0 Å². The van der Waals surface area contributed by atoms with Gasteiger partial charge in [0.25, 0.3) is 0 Å². The number of para-hydroxylation sites is 2. The maximum Gasteiger partial charge on any atom is 2.00 e. The fraction of sp³-hybridized carbons (Fsp3) is 0.149. The molecule has 5 heterocycles. The quantitative estimate of drug-likeness (QED) is 0.128. The molecule has 0 spiro atoms. The van der Waals surface area contributed by atoms with Crippen molar-refractivity contribution in [3.05, 3.63) is 185 Å². The molecule has 0 unspecified atom stereocenters. The van der Waals surface area contributed by atoms with Crippen LogP contribution in [-0.2, 0) is 31.9 Å². The minimum atomic E-state index is -0.221. The first-order chi connectivity index (χ1) is 24.3. The van der Waals surface area contributed by atoms with Gasteiger partial charge in [0.1, 0.15) is 0 Å². The molecule has 0 aliphatic carbocycles. The number of benzene rings is 5. The third kappa shape index (κ3) is 4.54. The normalized spacial score (nSPS) is 14.6. The summed E-state index contributed by atoms with van der Waals surface area (Å²) in [5.74, 6) is -0.130. The summed E-state index contributed by atoms with van der Waals surface area (Å²) in [6, 6.07) is 51.4. The molecule has 5 aromatic carbocycles. The molecule has 3 nitrogen and oxygen atoms in total. The van der Waals surface area contributed by atoms with Gasteiger partial charge in [-0.2, -0.15) is 0 Å². The molecular formula is C47H35N3Pt. The van der Waals surface area contributed by atoms with E-state index in [0.717, 1.165) is 33.6 Å². The second-order valence-electron chi connectivity index (χ2n) is 14.9. The Morgan fingerprint density at radius 3 is 1.45 bits per heavy atom. The molecule has 3 aromatic heterocycles. The van der Waals surface area contributed by atoms with E-state index in [-0.39, 0.29) is 37.8 Å². The van der Waals surface area contributed by atoms with Gasteiger partial charge in [-0.3, -0.25) is 0 Å². The van der Waals surface area contributed by atoms with Crippen LogP contribution >= 0.6 is 0 Å². The predicted octanol–water partition coefficient (Wildman–Crippen LogP) is 11.0. The molecule has 4 heteroatoms. The van der Waals surface area contributed by atoms with Crippen molar-refractivity contribution >= 4 is 21.8 Å². The van der Waals surface area contributed by atoms with Crippen LogP contribution in [0.1, 0.15) is 72.6 Å². The van der Waals surface area contributed by atoms with E-state index in [9.17, 15) is 0 Å². The van der Waals surface area contributed by atoms with Crippen LogP contribution in [0.15, 0.2) is 134 Å². The van der Waals surface area contributed by atoms with Crippen LogP contribution in [0.2, 0.25) is 0 Å². The zero-order valence-electron chi connectivity index (χ0n) is 28.9. The number of rotatable bonds is 5. The first-order valence-corrected chi connectivity index (χ1v) is 17.5. The molecule has 248 valence electrons. The number of hydrogen-bond acceptors (Lipinski definition) is 2. The summed E-state index contributed by atoms with van der Waals surface area (Å²) in [5.41, 5.74) is 16.3. The predicted molar refractivity (Wildman–Crippen MR) is 203 cm³/mol. The number of pyridine rings is 2. The van der Waals surface area contributed by atoms with E-state index >= 15 is 0 Å². The van der Waals surface area contributed by atoms with Crippen molar-refractivity contribution in [3.63, 3.8) is 0 Å². The van der Waals surface area contributed by atoms with Gasteiger partial charge in [-0.25, -0.2) is 0 Å². The Labute approximate surface area is 313 Å². The molecule has 0 bridgehead atoms. The van der Waals surface area contributed by atoms with E-state index in [4.69, 9.17) is 0 Å². The molecular weight excluding hydrogens is 802 g/mol. The summed E-state index contributed by atoms with van der Waals surface area (Å²) >= 11 is 0. The topological polar surface area (TPSA) is 30.7 Å². The van der Waals surface area contributed by atoms with Gasteiger partial charge in [0.2, 0.25) is 0 Å². The third-order valence-electron chi connectivity index (χ3n) is 11.3. The molecule has 51 heavy (non-hydrogen) atoms. The number of nitrogens with zero attached hydrogens (tertiary/aromatic N) is 3. The largest absolute Gasteiger partial charge is 2.00 e. The maximum atomic E-state index is 4.68. The van der Waals surface area contributed by atoms with Crippen LogP contribution in [0.3, 0.4) is 0 Å². The molecule has 0 fully saturated rings. The smallest absolute Gasteiger partial charge is 0.308 e. The molecule has 10 rings (SSSR count). The summed E-state index contributed by atoms with van der Waals surface area (Å²) in [6.07, 6.45) is 3.70. The van der Waals surface area contributed by atoms with Crippen molar-refractivity contribution in [1.29, 1.82) is 0 Å². The van der Waals surface area contributed by atoms with E-state index in [2.05, 4.69) is 151 Å². The Morgan fingerprint density at radius 2 is 1.00 bits per heavy atom. The standard InChI is InChI=1S/C47H35N3.Pt/c1-46(2)36-19-11-17-34-35-18-12-20-37-44(35)50(43(34)36)45-38(46)27-33(28-39(45)47(37,3)4)42(31-15-9-13-29(25-31)40-21-5-7-23-48-40)32-16-10-14-30(26-32)41-22-6-8-24-49-41;/h5-24,27-28,42H,1-4H3;/q-2;+2. The van der Waals surface area contributed by atoms with Gasteiger partial charge in [-0.05, 0) is 57.3 Å². The molecule has 8 aromatic rings. The second-order valence-corrected chi connectivity index (χ2v) is 14.9. The van der Waals surface area contributed by atoms with Gasteiger partial charge >= 0.3 is 21.1 Å². The molecule has 0 saturated carbocycles. The summed E-state index contributed by atoms with van der Waals surface area (Å²) in [4.78, 5) is 9.36. The summed E-state index contributed by atoms with van der Waals surface area (Å²) < 4.78 is 2.59. The van der Waals surface area contributed by atoms with Crippen molar-refractivity contribution in [1.82, 2.24) is 14.5 Å². The fourth-order valence-electron chi connectivity index (χ4n) is 8.84. The van der Waals surface area contributed by atoms with Gasteiger partial charge in [-0.1, -0.05) is 100 Å². The Morgan fingerprint density at radius 1 is 0.529 bits per heavy atom. The van der Waals surface area contributed by atoms with E-state index in [1.165, 1.54) is 55.3 Å². The van der Waals surface area contributed by atoms with E-state index in [0.29, 0.717) is 0 Å². The maximum absolute atomic E-state index is 4.68. The van der Waals surface area contributed by atoms with Gasteiger partial charge in [0.15, 0.2) is 0 Å². The fourth-order valence-corrected chi connectivity index (χ4v) is 8.84. The first-order valence-electron chi connectivity index (χ1n) is 17.5. The van der Waals surface area contributed by atoms with Crippen LogP contribution in [0, 0.1) is 12.1 Å². The first kappa shape index (κ1) is 31.8. The van der Waals surface area contributed by atoms with Gasteiger partial charge in [0.05, 0.1) is 16.7 Å². The average Bonchev–Trinajstić information content (AvgIpc) is 3.49. The number of hydrogen-bond donors (Lipinski definition) is 0. The van der Waals surface area contributed by atoms with Gasteiger partial charge < -0.3 is 14.5 Å². The molecule has 0 atom stereocenters. The van der Waals surface area contributed by atoms with Crippen molar-refractivity contribution in [3.8, 4) is 28.2 Å². The minimum Gasteiger partial charge on any atom is -0.308 e. The number of aromatic nitrogens is 3. The van der Waals surface area contributed by atoms with Crippen LogP contribution in [-0.4, -0.2) is 14.5 Å². The molecule has 2 aliphatic rings. The Balaban J connectivity index is 0.00000348. The molecule has 0 amide bonds. The average molecular weight is 837 g/mol. The molecule has 2 aliphatic heterocycles. The monoisotopic (exact) mass is 836 g/mol. The van der Waals surface area contributed by atoms with Crippen LogP contribution < -0.4 is 0 Å².